The summed E-state index contributed by atoms with van der Waals surface area (Å²) in [5.41, 5.74) is 6.32. The maximum atomic E-state index is 13.5. The number of fused-ring (bicyclic) bond motifs is 1. The number of halogens is 2. The van der Waals surface area contributed by atoms with Gasteiger partial charge in [0, 0.05) is 11.4 Å². The molecular formula is C24H30BF2N8O14P3S. The molecule has 5 heterocycles. The van der Waals surface area contributed by atoms with Crippen molar-refractivity contribution in [2.75, 3.05) is 24.6 Å². The Morgan fingerprint density at radius 1 is 1.17 bits per heavy atom. The van der Waals surface area contributed by atoms with Crippen LogP contribution in [0.2, 0.25) is 0 Å². The van der Waals surface area contributed by atoms with Gasteiger partial charge in [0.15, 0.2) is 17.4 Å². The van der Waals surface area contributed by atoms with Crippen molar-refractivity contribution in [2.45, 2.75) is 38.4 Å². The molecule has 0 aliphatic carbocycles. The number of carbonyl (C=O) groups is 1. The van der Waals surface area contributed by atoms with E-state index in [1.807, 2.05) is 0 Å². The number of rotatable bonds is 15. The van der Waals surface area contributed by atoms with Crippen LogP contribution in [-0.2, 0) is 36.4 Å². The topological polar surface area (TPSA) is 325 Å². The molecular weight excluding hydrogens is 798 g/mol. The second-order valence-electron chi connectivity index (χ2n) is 11.2. The van der Waals surface area contributed by atoms with Crippen LogP contribution in [0.15, 0.2) is 40.0 Å². The normalized spacial score (nSPS) is 24.2. The molecule has 7 atom stereocenters. The number of nitrogen functional groups attached to an aromatic ring is 1. The van der Waals surface area contributed by atoms with Crippen LogP contribution in [0.4, 0.5) is 14.6 Å². The molecule has 0 bridgehead atoms. The second-order valence-corrected chi connectivity index (χ2v) is 18.3. The Hall–Kier alpha value is -3.35. The lowest BCUT2D eigenvalue weighted by Gasteiger charge is -2.20. The summed E-state index contributed by atoms with van der Waals surface area (Å²) in [5.74, 6) is -1.98. The van der Waals surface area contributed by atoms with Gasteiger partial charge < -0.3 is 45.2 Å². The lowest BCUT2D eigenvalue weighted by atomic mass is 10.1. The van der Waals surface area contributed by atoms with Crippen LogP contribution in [0.5, 0.6) is 0 Å². The Morgan fingerprint density at radius 3 is 2.58 bits per heavy atom. The molecule has 1 saturated heterocycles. The van der Waals surface area contributed by atoms with Crippen molar-refractivity contribution in [1.29, 1.82) is 0 Å². The summed E-state index contributed by atoms with van der Waals surface area (Å²) in [4.78, 5) is 68.4. The number of hydrogen-bond acceptors (Lipinski definition) is 16. The molecule has 3 unspecified atom stereocenters. The van der Waals surface area contributed by atoms with Gasteiger partial charge in [-0.25, -0.2) is 18.7 Å². The van der Waals surface area contributed by atoms with Gasteiger partial charge in [0.1, 0.15) is 18.3 Å². The van der Waals surface area contributed by atoms with Crippen LogP contribution < -0.4 is 16.6 Å². The summed E-state index contributed by atoms with van der Waals surface area (Å²) in [5, 5.41) is 23.3. The predicted molar refractivity (Wildman–Crippen MR) is 183 cm³/mol. The van der Waals surface area contributed by atoms with Gasteiger partial charge in [-0.15, -0.1) is 0 Å². The lowest BCUT2D eigenvalue weighted by Crippen LogP contribution is -2.33. The molecule has 53 heavy (non-hydrogen) atoms. The number of aromatic amines is 1. The maximum Gasteiger partial charge on any atom is 0.677 e. The average Bonchev–Trinajstić information content (AvgIpc) is 3.79. The number of imidazole rings is 1. The highest BCUT2D eigenvalue weighted by molar-refractivity contribution is 8.55. The number of H-pyrrole nitrogens is 1. The molecule has 9 N–H and O–H groups in total. The third-order valence-electron chi connectivity index (χ3n) is 7.37. The summed E-state index contributed by atoms with van der Waals surface area (Å²) in [6.45, 7) is -3.27. The third-order valence-corrected chi connectivity index (χ3v) is 13.8. The molecule has 2 aliphatic heterocycles. The fourth-order valence-corrected chi connectivity index (χ4v) is 10.7. The van der Waals surface area contributed by atoms with Crippen LogP contribution in [0.3, 0.4) is 0 Å². The minimum atomic E-state index is -5.86. The number of nitrogens with one attached hydrogen (secondary N) is 2. The highest BCUT2D eigenvalue weighted by Crippen LogP contribution is 2.71. The number of aryl methyl sites for hydroxylation is 2. The third kappa shape index (κ3) is 9.86. The van der Waals surface area contributed by atoms with Crippen molar-refractivity contribution in [1.82, 2.24) is 29.3 Å². The molecule has 1 fully saturated rings. The zero-order chi connectivity index (χ0) is 39.0. The van der Waals surface area contributed by atoms with Crippen LogP contribution in [0, 0.1) is 13.8 Å². The van der Waals surface area contributed by atoms with Crippen LogP contribution in [0.1, 0.15) is 23.2 Å². The zero-order valence-corrected chi connectivity index (χ0v) is 30.6. The second kappa shape index (κ2) is 15.8. The number of carbonyl (C=O) groups excluding carboxylic acids is 1. The maximum absolute atomic E-state index is 13.5. The number of nitrogens with zero attached hydrogens (tertiary/aromatic N) is 5. The standard InChI is InChI=1S/C24H30BF2N8O14P3S/c1-11-5-12(2)35(25(26)27)15(11)6-13-3-4-14(31-13)7-29-17(36)9-53-52(44,45)49-51(42,43)48-50(40,41)46-8-16-19(37)20(38)23(47-16)34-10-30-18-21(34)32-24(28)33-22(18)39/h3-6,10,16,19-20,23,37-38H,7-9H2,1-2H3,(H,29,36)(H,40,41)(H,42,43)(H,44,45)(H3,28,32,33,39)/b13-6-/t16-,19-,20-,23-/m1/s1. The number of aliphatic hydroxyl groups excluding tert-OH is 2. The van der Waals surface area contributed by atoms with Gasteiger partial charge in [-0.3, -0.25) is 37.3 Å². The lowest BCUT2D eigenvalue weighted by molar-refractivity contribution is -0.118. The number of phosphoric ester groups is 1. The van der Waals surface area contributed by atoms with E-state index in [4.69, 9.17) is 10.5 Å². The van der Waals surface area contributed by atoms with Crippen molar-refractivity contribution in [3.05, 3.63) is 57.5 Å². The molecule has 5 rings (SSSR count). The van der Waals surface area contributed by atoms with E-state index in [1.165, 1.54) is 25.2 Å². The SMILES string of the molecule is Cc1cc(C)n(B(F)F)c1/C=C1/C=CC(CNC(=O)CSP(=O)(O)OP(=O)(O)OP(=O)(O)OC[C@H]2O[C@@H](n3cnc4c(=O)[nH]c(N)nc43)[C@H](O)[C@@H]2O)=N1. The first-order valence-electron chi connectivity index (χ1n) is 14.8. The molecule has 1 amide bonds. The summed E-state index contributed by atoms with van der Waals surface area (Å²) in [6.07, 6.45) is -1.09. The smallest absolute Gasteiger partial charge is 0.387 e. The van der Waals surface area contributed by atoms with Crippen molar-refractivity contribution >= 4 is 76.0 Å². The molecule has 2 aliphatic rings. The number of phosphoric acid groups is 2. The molecule has 29 heteroatoms. The number of ether oxygens (including phenoxy) is 1. The minimum absolute atomic E-state index is 0.141. The van der Waals surface area contributed by atoms with E-state index in [-0.39, 0.29) is 40.7 Å². The number of aliphatic imine (C=N–C) groups is 1. The molecule has 22 nitrogen and oxygen atoms in total. The van der Waals surface area contributed by atoms with Gasteiger partial charge >= 0.3 is 29.8 Å². The number of anilines is 1. The fraction of sp³-hybridized carbons (Fsp3) is 0.375. The van der Waals surface area contributed by atoms with Crippen molar-refractivity contribution in [2.24, 2.45) is 4.99 Å². The number of hydrogen-bond donors (Lipinski definition) is 8. The van der Waals surface area contributed by atoms with Crippen molar-refractivity contribution in [3.8, 4) is 0 Å². The summed E-state index contributed by atoms with van der Waals surface area (Å²) < 4.78 is 84.2. The van der Waals surface area contributed by atoms with Crippen molar-refractivity contribution < 1.29 is 69.9 Å². The van der Waals surface area contributed by atoms with E-state index in [0.29, 0.717) is 22.7 Å². The van der Waals surface area contributed by atoms with Crippen LogP contribution >= 0.6 is 33.8 Å². The highest BCUT2D eigenvalue weighted by atomic mass is 32.7. The molecule has 3 aromatic rings. The highest BCUT2D eigenvalue weighted by Gasteiger charge is 2.47. The average molecular weight is 828 g/mol. The fourth-order valence-electron chi connectivity index (χ4n) is 5.12. The van der Waals surface area contributed by atoms with Gasteiger partial charge in [-0.1, -0.05) is 0 Å². The zero-order valence-electron chi connectivity index (χ0n) is 27.1. The summed E-state index contributed by atoms with van der Waals surface area (Å²) >= 11 is -0.145. The van der Waals surface area contributed by atoms with E-state index in [0.717, 1.165) is 15.4 Å². The quantitative estimate of drug-likeness (QED) is 0.0774. The monoisotopic (exact) mass is 828 g/mol. The Labute approximate surface area is 300 Å². The molecule has 0 aromatic carbocycles. The van der Waals surface area contributed by atoms with Crippen LogP contribution in [0.25, 0.3) is 17.2 Å². The minimum Gasteiger partial charge on any atom is -0.387 e. The largest absolute Gasteiger partial charge is 0.677 e. The first kappa shape index (κ1) is 40.8. The van der Waals surface area contributed by atoms with E-state index in [1.54, 1.807) is 13.0 Å². The Balaban J connectivity index is 1.09. The van der Waals surface area contributed by atoms with Gasteiger partial charge in [0.25, 0.3) is 5.56 Å². The van der Waals surface area contributed by atoms with Crippen molar-refractivity contribution in [3.63, 3.8) is 0 Å². The summed E-state index contributed by atoms with van der Waals surface area (Å²) in [7, 11) is -14.2. The summed E-state index contributed by atoms with van der Waals surface area (Å²) in [6, 6.07) is 1.59. The predicted octanol–water partition coefficient (Wildman–Crippen LogP) is 0.764. The molecule has 0 spiro atoms. The molecule has 288 valence electrons. The van der Waals surface area contributed by atoms with E-state index in [2.05, 4.69) is 38.4 Å². The molecule has 3 aromatic heterocycles. The number of aromatic nitrogens is 5. The Kier molecular flexibility index (Phi) is 12.2. The van der Waals surface area contributed by atoms with E-state index < -0.39 is 78.2 Å². The van der Waals surface area contributed by atoms with Gasteiger partial charge in [0.05, 0.1) is 36.6 Å². The van der Waals surface area contributed by atoms with Gasteiger partial charge in [-0.05, 0) is 55.1 Å². The molecule has 0 radical (unpaired) electrons. The first-order chi connectivity index (χ1) is 24.6. The van der Waals surface area contributed by atoms with E-state index >= 15 is 0 Å². The number of allylic oxidation sites excluding steroid dienone is 1. The Morgan fingerprint density at radius 2 is 1.89 bits per heavy atom. The first-order valence-corrected chi connectivity index (χ1v) is 21.0. The number of nitrogens with two attached hydrogens (primary N) is 1. The van der Waals surface area contributed by atoms with Gasteiger partial charge in [0.2, 0.25) is 11.9 Å². The number of aliphatic hydroxyl groups is 2. The van der Waals surface area contributed by atoms with E-state index in [9.17, 15) is 56.8 Å². The number of amides is 1. The van der Waals surface area contributed by atoms with Crippen LogP contribution in [-0.4, -0.2) is 105 Å². The molecule has 0 saturated carbocycles. The van der Waals surface area contributed by atoms with Gasteiger partial charge in [-0.2, -0.15) is 13.6 Å². The Bertz CT molecular complexity index is 2220.